The summed E-state index contributed by atoms with van der Waals surface area (Å²) in [5, 5.41) is 14.4. The second-order valence-corrected chi connectivity index (χ2v) is 4.14. The van der Waals surface area contributed by atoms with E-state index in [2.05, 4.69) is 10.6 Å². The van der Waals surface area contributed by atoms with Crippen LogP contribution in [0.15, 0.2) is 0 Å². The van der Waals surface area contributed by atoms with Crippen molar-refractivity contribution in [2.75, 3.05) is 13.6 Å². The van der Waals surface area contributed by atoms with Crippen molar-refractivity contribution in [3.63, 3.8) is 0 Å². The summed E-state index contributed by atoms with van der Waals surface area (Å²) in [6.07, 6.45) is 3.56. The number of aliphatic carboxylic acids is 1. The summed E-state index contributed by atoms with van der Waals surface area (Å²) in [5.74, 6) is -0.970. The van der Waals surface area contributed by atoms with E-state index in [4.69, 9.17) is 5.11 Å². The zero-order valence-electron chi connectivity index (χ0n) is 9.01. The van der Waals surface area contributed by atoms with Crippen LogP contribution in [-0.4, -0.2) is 36.1 Å². The molecule has 1 saturated carbocycles. The lowest BCUT2D eigenvalue weighted by Gasteiger charge is -2.28. The summed E-state index contributed by atoms with van der Waals surface area (Å²) in [4.78, 5) is 22.2. The quantitative estimate of drug-likeness (QED) is 0.607. The van der Waals surface area contributed by atoms with Gasteiger partial charge in [-0.1, -0.05) is 12.8 Å². The number of amides is 1. The Morgan fingerprint density at radius 2 is 1.93 bits per heavy atom. The van der Waals surface area contributed by atoms with Crippen molar-refractivity contribution in [3.8, 4) is 0 Å². The molecule has 0 aromatic rings. The van der Waals surface area contributed by atoms with E-state index in [1.807, 2.05) is 0 Å². The van der Waals surface area contributed by atoms with Crippen molar-refractivity contribution < 1.29 is 14.7 Å². The largest absolute Gasteiger partial charge is 0.481 e. The average Bonchev–Trinajstić information content (AvgIpc) is 2.51. The molecule has 15 heavy (non-hydrogen) atoms. The van der Waals surface area contributed by atoms with E-state index in [1.165, 1.54) is 0 Å². The molecule has 1 amide bonds. The summed E-state index contributed by atoms with van der Waals surface area (Å²) in [6, 6.07) is 0. The van der Waals surface area contributed by atoms with Crippen molar-refractivity contribution in [2.45, 2.75) is 37.6 Å². The van der Waals surface area contributed by atoms with Gasteiger partial charge in [-0.05, 0) is 19.9 Å². The number of carbonyl (C=O) groups excluding carboxylic acids is 1. The fourth-order valence-electron chi connectivity index (χ4n) is 2.19. The molecule has 0 unspecified atom stereocenters. The third-order valence-electron chi connectivity index (χ3n) is 2.79. The molecule has 0 aromatic heterocycles. The van der Waals surface area contributed by atoms with Crippen LogP contribution in [0.1, 0.15) is 32.1 Å². The normalized spacial score (nSPS) is 18.7. The number of carboxylic acid groups (broad SMARTS) is 1. The van der Waals surface area contributed by atoms with E-state index >= 15 is 0 Å². The second kappa shape index (κ2) is 5.11. The Morgan fingerprint density at radius 1 is 1.33 bits per heavy atom. The minimum Gasteiger partial charge on any atom is -0.481 e. The molecular weight excluding hydrogens is 196 g/mol. The van der Waals surface area contributed by atoms with Crippen LogP contribution >= 0.6 is 0 Å². The molecular formula is C10H18N2O3. The first kappa shape index (κ1) is 12.0. The molecule has 0 heterocycles. The number of hydrogen-bond donors (Lipinski definition) is 3. The van der Waals surface area contributed by atoms with Crippen LogP contribution in [0.5, 0.6) is 0 Å². The van der Waals surface area contributed by atoms with Gasteiger partial charge in [0.2, 0.25) is 5.91 Å². The first-order valence-electron chi connectivity index (χ1n) is 5.25. The molecule has 1 fully saturated rings. The van der Waals surface area contributed by atoms with Gasteiger partial charge in [-0.3, -0.25) is 9.59 Å². The highest BCUT2D eigenvalue weighted by atomic mass is 16.4. The molecule has 0 aliphatic heterocycles. The maximum atomic E-state index is 11.4. The summed E-state index contributed by atoms with van der Waals surface area (Å²) in [5.41, 5.74) is -0.500. The van der Waals surface area contributed by atoms with E-state index in [0.717, 1.165) is 25.7 Å². The van der Waals surface area contributed by atoms with Gasteiger partial charge in [0, 0.05) is 0 Å². The molecule has 1 rings (SSSR count). The first-order valence-corrected chi connectivity index (χ1v) is 5.25. The van der Waals surface area contributed by atoms with Gasteiger partial charge in [-0.15, -0.1) is 0 Å². The van der Waals surface area contributed by atoms with Crippen LogP contribution in [0.3, 0.4) is 0 Å². The smallest absolute Gasteiger partial charge is 0.305 e. The molecule has 0 saturated heterocycles. The molecule has 5 nitrogen and oxygen atoms in total. The lowest BCUT2D eigenvalue weighted by atomic mass is 9.93. The Balaban J connectivity index is 2.56. The fraction of sp³-hybridized carbons (Fsp3) is 0.800. The van der Waals surface area contributed by atoms with Crippen LogP contribution in [-0.2, 0) is 9.59 Å². The van der Waals surface area contributed by atoms with Crippen molar-refractivity contribution >= 4 is 11.9 Å². The zero-order chi connectivity index (χ0) is 11.3. The second-order valence-electron chi connectivity index (χ2n) is 4.14. The van der Waals surface area contributed by atoms with E-state index in [9.17, 15) is 9.59 Å². The van der Waals surface area contributed by atoms with Gasteiger partial charge in [-0.2, -0.15) is 0 Å². The predicted octanol–water partition coefficient (Wildman–Crippen LogP) is 0.109. The molecule has 1 aliphatic rings. The number of rotatable bonds is 5. The van der Waals surface area contributed by atoms with Crippen LogP contribution in [0, 0.1) is 0 Å². The van der Waals surface area contributed by atoms with Gasteiger partial charge < -0.3 is 15.7 Å². The Kier molecular flexibility index (Phi) is 4.08. The maximum absolute atomic E-state index is 11.4. The number of nitrogens with one attached hydrogen (secondary N) is 2. The molecule has 0 radical (unpaired) electrons. The summed E-state index contributed by atoms with van der Waals surface area (Å²) in [6.45, 7) is 0.237. The minimum atomic E-state index is -0.846. The lowest BCUT2D eigenvalue weighted by molar-refractivity contribution is -0.139. The molecule has 0 bridgehead atoms. The number of carboxylic acids is 1. The zero-order valence-corrected chi connectivity index (χ0v) is 9.01. The lowest BCUT2D eigenvalue weighted by Crippen LogP contribution is -2.50. The number of hydrogen-bond acceptors (Lipinski definition) is 3. The van der Waals surface area contributed by atoms with E-state index in [0.29, 0.717) is 0 Å². The monoisotopic (exact) mass is 214 g/mol. The Hall–Kier alpha value is -1.10. The van der Waals surface area contributed by atoms with Crippen molar-refractivity contribution in [1.29, 1.82) is 0 Å². The van der Waals surface area contributed by atoms with Crippen molar-refractivity contribution in [2.24, 2.45) is 0 Å². The topological polar surface area (TPSA) is 78.4 Å². The van der Waals surface area contributed by atoms with Crippen LogP contribution < -0.4 is 10.6 Å². The molecule has 0 atom stereocenters. The molecule has 0 spiro atoms. The van der Waals surface area contributed by atoms with Crippen molar-refractivity contribution in [1.82, 2.24) is 10.6 Å². The predicted molar refractivity (Wildman–Crippen MR) is 55.5 cm³/mol. The molecule has 86 valence electrons. The highest BCUT2D eigenvalue weighted by Gasteiger charge is 2.37. The molecule has 3 N–H and O–H groups in total. The van der Waals surface area contributed by atoms with Gasteiger partial charge in [0.05, 0.1) is 18.5 Å². The Labute approximate surface area is 89.2 Å². The van der Waals surface area contributed by atoms with Gasteiger partial charge in [-0.25, -0.2) is 0 Å². The summed E-state index contributed by atoms with van der Waals surface area (Å²) in [7, 11) is 1.69. The first-order chi connectivity index (χ1) is 7.08. The third-order valence-corrected chi connectivity index (χ3v) is 2.79. The fourth-order valence-corrected chi connectivity index (χ4v) is 2.19. The van der Waals surface area contributed by atoms with Gasteiger partial charge in [0.1, 0.15) is 0 Å². The maximum Gasteiger partial charge on any atom is 0.305 e. The highest BCUT2D eigenvalue weighted by Crippen LogP contribution is 2.32. The molecule has 0 aromatic carbocycles. The Morgan fingerprint density at radius 3 is 2.40 bits per heavy atom. The van der Waals surface area contributed by atoms with Crippen LogP contribution in [0.25, 0.3) is 0 Å². The number of carbonyl (C=O) groups is 2. The molecule has 1 aliphatic carbocycles. The third kappa shape index (κ3) is 3.51. The Bertz CT molecular complexity index is 247. The molecule has 5 heteroatoms. The SMILES string of the molecule is CNCC(=O)NC1(CC(=O)O)CCCC1. The minimum absolute atomic E-state index is 0.0302. The summed E-state index contributed by atoms with van der Waals surface area (Å²) >= 11 is 0. The van der Waals surface area contributed by atoms with Crippen LogP contribution in [0.2, 0.25) is 0 Å². The van der Waals surface area contributed by atoms with E-state index in [-0.39, 0.29) is 18.9 Å². The highest BCUT2D eigenvalue weighted by molar-refractivity contribution is 5.80. The van der Waals surface area contributed by atoms with E-state index in [1.54, 1.807) is 7.05 Å². The van der Waals surface area contributed by atoms with Gasteiger partial charge >= 0.3 is 5.97 Å². The van der Waals surface area contributed by atoms with Crippen molar-refractivity contribution in [3.05, 3.63) is 0 Å². The van der Waals surface area contributed by atoms with Crippen LogP contribution in [0.4, 0.5) is 0 Å². The average molecular weight is 214 g/mol. The van der Waals surface area contributed by atoms with Gasteiger partial charge in [0.15, 0.2) is 0 Å². The van der Waals surface area contributed by atoms with Gasteiger partial charge in [0.25, 0.3) is 0 Å². The number of likely N-dealkylation sites (N-methyl/N-ethyl adjacent to an activating group) is 1. The van der Waals surface area contributed by atoms with E-state index < -0.39 is 11.5 Å². The standard InChI is InChI=1S/C10H18N2O3/c1-11-7-8(13)12-10(6-9(14)15)4-2-3-5-10/h11H,2-7H2,1H3,(H,12,13)(H,14,15). The summed E-state index contributed by atoms with van der Waals surface area (Å²) < 4.78 is 0.